The maximum absolute atomic E-state index is 13.4. The van der Waals surface area contributed by atoms with Gasteiger partial charge in [-0.1, -0.05) is 0 Å². The zero-order chi connectivity index (χ0) is 29.1. The van der Waals surface area contributed by atoms with Gasteiger partial charge in [0, 0.05) is 22.3 Å². The number of aromatic carboxylic acids is 1. The minimum Gasteiger partial charge on any atom is -0.478 e. The summed E-state index contributed by atoms with van der Waals surface area (Å²) in [5.41, 5.74) is 1.20. The number of aromatic amines is 1. The van der Waals surface area contributed by atoms with Crippen molar-refractivity contribution in [3.8, 4) is 0 Å². The van der Waals surface area contributed by atoms with Gasteiger partial charge < -0.3 is 36.3 Å². The minimum atomic E-state index is -5.08. The number of alkyl halides is 3. The fourth-order valence-electron chi connectivity index (χ4n) is 3.63. The van der Waals surface area contributed by atoms with Gasteiger partial charge in [0.1, 0.15) is 16.5 Å². The van der Waals surface area contributed by atoms with E-state index in [2.05, 4.69) is 20.9 Å². The molecule has 1 aromatic carbocycles. The fraction of sp³-hybridized carbons (Fsp3) is 0.227. The summed E-state index contributed by atoms with van der Waals surface area (Å²) in [6, 6.07) is 5.21. The zero-order valence-electron chi connectivity index (χ0n) is 19.3. The van der Waals surface area contributed by atoms with Gasteiger partial charge in [0.15, 0.2) is 0 Å². The summed E-state index contributed by atoms with van der Waals surface area (Å²) in [5.74, 6) is -7.94. The molecule has 0 aliphatic carbocycles. The highest BCUT2D eigenvalue weighted by molar-refractivity contribution is 7.17. The van der Waals surface area contributed by atoms with Crippen molar-refractivity contribution in [2.24, 2.45) is 0 Å². The third kappa shape index (κ3) is 6.88. The van der Waals surface area contributed by atoms with Gasteiger partial charge in [0.05, 0.1) is 11.6 Å². The molecule has 0 bridgehead atoms. The lowest BCUT2D eigenvalue weighted by Gasteiger charge is -2.24. The van der Waals surface area contributed by atoms with E-state index in [4.69, 9.17) is 15.0 Å². The number of carboxylic acids is 3. The lowest BCUT2D eigenvalue weighted by atomic mass is 9.99. The fourth-order valence-corrected chi connectivity index (χ4v) is 4.94. The summed E-state index contributed by atoms with van der Waals surface area (Å²) in [6.45, 7) is 0.546. The van der Waals surface area contributed by atoms with Crippen molar-refractivity contribution in [2.75, 3.05) is 18.4 Å². The Balaban J connectivity index is 0.000000532. The number of nitrogens with one attached hydrogen (secondary N) is 4. The van der Waals surface area contributed by atoms with Gasteiger partial charge in [-0.05, 0) is 42.8 Å². The number of halogens is 4. The first kappa shape index (κ1) is 29.1. The first-order valence-electron chi connectivity index (χ1n) is 10.7. The van der Waals surface area contributed by atoms with Gasteiger partial charge >= 0.3 is 30.0 Å². The molecule has 1 aliphatic heterocycles. The monoisotopic (exact) mass is 574 g/mol. The summed E-state index contributed by atoms with van der Waals surface area (Å²) in [4.78, 5) is 59.1. The molecule has 1 atom stereocenters. The van der Waals surface area contributed by atoms with Crippen LogP contribution in [0, 0.1) is 5.82 Å². The second-order valence-electron chi connectivity index (χ2n) is 7.90. The number of hydrogen-bond acceptors (Lipinski definition) is 7. The van der Waals surface area contributed by atoms with Gasteiger partial charge in [0.25, 0.3) is 5.91 Å². The Bertz CT molecular complexity index is 1470. The first-order chi connectivity index (χ1) is 18.2. The van der Waals surface area contributed by atoms with Crippen molar-refractivity contribution >= 4 is 57.0 Å². The van der Waals surface area contributed by atoms with Gasteiger partial charge in [-0.2, -0.15) is 13.2 Å². The van der Waals surface area contributed by atoms with Crippen LogP contribution in [-0.2, 0) is 20.8 Å². The lowest BCUT2D eigenvalue weighted by Crippen LogP contribution is -2.38. The summed E-state index contributed by atoms with van der Waals surface area (Å²) < 4.78 is 45.1. The molecule has 2 amide bonds. The number of thiophene rings is 1. The highest BCUT2D eigenvalue weighted by Gasteiger charge is 2.38. The van der Waals surface area contributed by atoms with E-state index in [1.54, 1.807) is 0 Å². The molecule has 1 aliphatic rings. The highest BCUT2D eigenvalue weighted by Crippen LogP contribution is 2.39. The van der Waals surface area contributed by atoms with Crippen LogP contribution in [0.3, 0.4) is 0 Å². The number of amides is 2. The average molecular weight is 574 g/mol. The van der Waals surface area contributed by atoms with E-state index in [1.807, 2.05) is 0 Å². The first-order valence-corrected chi connectivity index (χ1v) is 11.5. The molecule has 3 aromatic rings. The number of carbonyl (C=O) groups excluding carboxylic acids is 2. The number of rotatable bonds is 5. The lowest BCUT2D eigenvalue weighted by molar-refractivity contribution is -0.192. The molecule has 0 fully saturated rings. The second-order valence-corrected chi connectivity index (χ2v) is 8.95. The number of aliphatic carboxylic acids is 2. The van der Waals surface area contributed by atoms with Crippen molar-refractivity contribution in [1.82, 2.24) is 15.6 Å². The summed E-state index contributed by atoms with van der Waals surface area (Å²) in [6.07, 6.45) is -4.71. The SMILES string of the molecule is O=C(O)C(=O)Nc1sc2c(c1C(=O)O)CCN[C@H]2CNC(=O)c1cc2cc(F)ccc2[nH]1.O=C(O)C(F)(F)F. The van der Waals surface area contributed by atoms with Crippen molar-refractivity contribution in [2.45, 2.75) is 18.6 Å². The molecule has 0 saturated carbocycles. The number of carbonyl (C=O) groups is 5. The third-order valence-corrected chi connectivity index (χ3v) is 6.55. The van der Waals surface area contributed by atoms with Crippen molar-refractivity contribution < 1.29 is 56.9 Å². The summed E-state index contributed by atoms with van der Waals surface area (Å²) in [7, 11) is 0. The summed E-state index contributed by atoms with van der Waals surface area (Å²) >= 11 is 0.958. The third-order valence-electron chi connectivity index (χ3n) is 5.29. The van der Waals surface area contributed by atoms with Crippen LogP contribution >= 0.6 is 11.3 Å². The van der Waals surface area contributed by atoms with Crippen LogP contribution in [0.4, 0.5) is 22.6 Å². The molecular weight excluding hydrogens is 556 g/mol. The molecule has 39 heavy (non-hydrogen) atoms. The normalized spacial score (nSPS) is 14.5. The number of fused-ring (bicyclic) bond motifs is 2. The molecule has 12 nitrogen and oxygen atoms in total. The van der Waals surface area contributed by atoms with Gasteiger partial charge in [-0.3, -0.25) is 9.59 Å². The van der Waals surface area contributed by atoms with E-state index in [9.17, 15) is 41.8 Å². The van der Waals surface area contributed by atoms with Gasteiger partial charge in [0.2, 0.25) is 0 Å². The Morgan fingerprint density at radius 2 is 1.74 bits per heavy atom. The van der Waals surface area contributed by atoms with E-state index in [1.165, 1.54) is 24.3 Å². The predicted octanol–water partition coefficient (Wildman–Crippen LogP) is 2.34. The molecule has 17 heteroatoms. The topological polar surface area (TPSA) is 198 Å². The van der Waals surface area contributed by atoms with Crippen molar-refractivity contribution in [3.05, 3.63) is 51.8 Å². The quantitative estimate of drug-likeness (QED) is 0.177. The average Bonchev–Trinajstić information content (AvgIpc) is 3.43. The largest absolute Gasteiger partial charge is 0.490 e. The van der Waals surface area contributed by atoms with E-state index in [-0.39, 0.29) is 22.8 Å². The number of anilines is 1. The molecule has 0 spiro atoms. The Hall–Kier alpha value is -4.51. The molecule has 0 radical (unpaired) electrons. The predicted molar refractivity (Wildman–Crippen MR) is 126 cm³/mol. The maximum atomic E-state index is 13.4. The number of hydrogen-bond donors (Lipinski definition) is 7. The molecule has 7 N–H and O–H groups in total. The van der Waals surface area contributed by atoms with Gasteiger partial charge in [-0.15, -0.1) is 11.3 Å². The van der Waals surface area contributed by atoms with Crippen molar-refractivity contribution in [1.29, 1.82) is 0 Å². The Morgan fingerprint density at radius 1 is 1.08 bits per heavy atom. The van der Waals surface area contributed by atoms with E-state index in [0.717, 1.165) is 11.3 Å². The van der Waals surface area contributed by atoms with E-state index in [0.29, 0.717) is 34.3 Å². The second kappa shape index (κ2) is 11.5. The van der Waals surface area contributed by atoms with Crippen LogP contribution in [0.2, 0.25) is 0 Å². The number of benzene rings is 1. The van der Waals surface area contributed by atoms with Crippen LogP contribution in [0.25, 0.3) is 10.9 Å². The number of carboxylic acid groups (broad SMARTS) is 3. The van der Waals surface area contributed by atoms with Crippen molar-refractivity contribution in [3.63, 3.8) is 0 Å². The highest BCUT2D eigenvalue weighted by atomic mass is 32.1. The Kier molecular flexibility index (Phi) is 8.55. The van der Waals surface area contributed by atoms with Crippen LogP contribution in [0.15, 0.2) is 24.3 Å². The molecular formula is C22H18F4N4O8S. The number of H-pyrrole nitrogens is 1. The van der Waals surface area contributed by atoms with Crippen LogP contribution < -0.4 is 16.0 Å². The molecule has 0 saturated heterocycles. The maximum Gasteiger partial charge on any atom is 0.490 e. The van der Waals surface area contributed by atoms with E-state index < -0.39 is 47.8 Å². The Labute approximate surface area is 218 Å². The number of aromatic nitrogens is 1. The molecule has 2 aromatic heterocycles. The van der Waals surface area contributed by atoms with Crippen LogP contribution in [0.5, 0.6) is 0 Å². The minimum absolute atomic E-state index is 0.0624. The van der Waals surface area contributed by atoms with Gasteiger partial charge in [-0.25, -0.2) is 18.8 Å². The zero-order valence-corrected chi connectivity index (χ0v) is 20.1. The molecule has 0 unspecified atom stereocenters. The molecule has 208 valence electrons. The Morgan fingerprint density at radius 3 is 2.33 bits per heavy atom. The standard InChI is InChI=1S/C20H17FN4O6S.C2HF3O2/c21-9-1-2-11-8(5-9)6-12(24-11)16(26)23-7-13-15-10(3-4-22-13)14(19(28)29)18(32-15)25-17(27)20(30)31;3-2(4,5)1(6)7/h1-2,5-6,13,22,24H,3-4,7H2,(H,23,26)(H,25,27)(H,28,29)(H,30,31);(H,6,7)/t13-;/m0./s1. The van der Waals surface area contributed by atoms with E-state index >= 15 is 0 Å². The molecule has 3 heterocycles. The van der Waals surface area contributed by atoms with Crippen LogP contribution in [-0.4, -0.2) is 69.3 Å². The molecule has 4 rings (SSSR count). The summed E-state index contributed by atoms with van der Waals surface area (Å²) in [5, 5.41) is 34.1. The van der Waals surface area contributed by atoms with Crippen LogP contribution in [0.1, 0.15) is 37.3 Å². The smallest absolute Gasteiger partial charge is 0.478 e.